The zero-order valence-corrected chi connectivity index (χ0v) is 13.3. The van der Waals surface area contributed by atoms with Crippen molar-refractivity contribution in [1.82, 2.24) is 19.1 Å². The number of nitrogens with two attached hydrogens (primary N) is 1. The molecule has 0 radical (unpaired) electrons. The maximum Gasteiger partial charge on any atom is 0.302 e. The molecule has 0 bridgehead atoms. The van der Waals surface area contributed by atoms with E-state index in [4.69, 9.17) is 10.5 Å². The van der Waals surface area contributed by atoms with Crippen molar-refractivity contribution in [2.75, 3.05) is 12.3 Å². The van der Waals surface area contributed by atoms with Crippen LogP contribution in [0.1, 0.15) is 31.3 Å². The number of hydrogen-bond donors (Lipinski definition) is 3. The van der Waals surface area contributed by atoms with E-state index in [2.05, 4.69) is 9.97 Å². The summed E-state index contributed by atoms with van der Waals surface area (Å²) in [6.45, 7) is 3.06. The average Bonchev–Trinajstić information content (AvgIpc) is 3.10. The summed E-state index contributed by atoms with van der Waals surface area (Å²) in [5, 5.41) is 19.1. The molecule has 10 nitrogen and oxygen atoms in total. The van der Waals surface area contributed by atoms with Gasteiger partial charge in [0.15, 0.2) is 11.2 Å². The molecular formula is C14H19N5O5. The van der Waals surface area contributed by atoms with Gasteiger partial charge in [-0.15, -0.1) is 0 Å². The number of aliphatic hydroxyl groups is 2. The number of aromatic nitrogens is 4. The lowest BCUT2D eigenvalue weighted by Crippen LogP contribution is -2.27. The van der Waals surface area contributed by atoms with E-state index in [1.807, 2.05) is 0 Å². The summed E-state index contributed by atoms with van der Waals surface area (Å²) in [6.07, 6.45) is -0.767. The maximum atomic E-state index is 12.5. The van der Waals surface area contributed by atoms with E-state index < -0.39 is 24.0 Å². The van der Waals surface area contributed by atoms with Gasteiger partial charge in [-0.1, -0.05) is 13.8 Å². The summed E-state index contributed by atoms with van der Waals surface area (Å²) < 4.78 is 8.19. The predicted molar refractivity (Wildman–Crippen MR) is 83.3 cm³/mol. The Kier molecular flexibility index (Phi) is 4.11. The van der Waals surface area contributed by atoms with Crippen molar-refractivity contribution >= 4 is 23.0 Å². The first-order valence-corrected chi connectivity index (χ1v) is 7.58. The Morgan fingerprint density at radius 2 is 2.25 bits per heavy atom. The summed E-state index contributed by atoms with van der Waals surface area (Å²) in [5.74, 6) is -0.961. The first-order chi connectivity index (χ1) is 11.3. The van der Waals surface area contributed by atoms with E-state index in [1.54, 1.807) is 13.8 Å². The highest BCUT2D eigenvalue weighted by Crippen LogP contribution is 2.31. The van der Waals surface area contributed by atoms with Gasteiger partial charge in [0, 0.05) is 12.3 Å². The molecule has 4 N–H and O–H groups in total. The number of nitrogen functional groups attached to an aromatic ring is 1. The third-order valence-corrected chi connectivity index (χ3v) is 4.04. The zero-order valence-electron chi connectivity index (χ0n) is 13.3. The number of aliphatic hydroxyl groups excluding tert-OH is 2. The van der Waals surface area contributed by atoms with Gasteiger partial charge in [0.1, 0.15) is 12.3 Å². The minimum absolute atomic E-state index is 0.0104. The van der Waals surface area contributed by atoms with Gasteiger partial charge < -0.3 is 20.7 Å². The van der Waals surface area contributed by atoms with Crippen molar-refractivity contribution in [3.63, 3.8) is 0 Å². The number of ether oxygens (including phenoxy) is 1. The second-order valence-corrected chi connectivity index (χ2v) is 6.04. The van der Waals surface area contributed by atoms with Crippen LogP contribution in [0.25, 0.3) is 11.2 Å². The van der Waals surface area contributed by atoms with Gasteiger partial charge >= 0.3 is 5.56 Å². The van der Waals surface area contributed by atoms with E-state index in [0.717, 1.165) is 4.57 Å². The van der Waals surface area contributed by atoms with Crippen LogP contribution in [0.4, 0.5) is 5.95 Å². The first kappa shape index (κ1) is 16.6. The summed E-state index contributed by atoms with van der Waals surface area (Å²) in [7, 11) is 0. The van der Waals surface area contributed by atoms with Crippen molar-refractivity contribution in [2.24, 2.45) is 5.92 Å². The van der Waals surface area contributed by atoms with Gasteiger partial charge in [-0.25, -0.2) is 9.55 Å². The molecule has 2 aromatic heterocycles. The number of fused-ring (bicyclic) bond motifs is 1. The van der Waals surface area contributed by atoms with Crippen LogP contribution in [0.3, 0.4) is 0 Å². The van der Waals surface area contributed by atoms with Gasteiger partial charge in [0.2, 0.25) is 11.9 Å². The Morgan fingerprint density at radius 3 is 2.83 bits per heavy atom. The molecule has 10 heteroatoms. The van der Waals surface area contributed by atoms with Crippen molar-refractivity contribution in [1.29, 1.82) is 0 Å². The SMILES string of the molecule is CC(C)C(=O)n1c(N)nc(=O)c2ncn([C@H]3CC(O)[C@@H](CO)O3)c21. The van der Waals surface area contributed by atoms with E-state index >= 15 is 0 Å². The van der Waals surface area contributed by atoms with Crippen LogP contribution in [-0.2, 0) is 4.74 Å². The standard InChI is InChI=1S/C14H19N5O5/c1-6(2)13(23)19-12-10(11(22)17-14(19)15)16-5-18(12)9-3-7(21)8(4-20)24-9/h5-9,20-21H,3-4H2,1-2H3,(H2,15,17,22)/t7?,8-,9-/m1/s1. The molecule has 1 unspecified atom stereocenters. The maximum absolute atomic E-state index is 12.5. The van der Waals surface area contributed by atoms with Crippen LogP contribution in [0, 0.1) is 5.92 Å². The molecule has 0 saturated carbocycles. The summed E-state index contributed by atoms with van der Waals surface area (Å²) in [5.41, 5.74) is 5.30. The molecule has 0 spiro atoms. The molecule has 1 aliphatic rings. The zero-order chi connectivity index (χ0) is 17.6. The lowest BCUT2D eigenvalue weighted by molar-refractivity contribution is -0.0433. The molecule has 1 fully saturated rings. The van der Waals surface area contributed by atoms with E-state index in [-0.39, 0.29) is 42.0 Å². The summed E-state index contributed by atoms with van der Waals surface area (Å²) in [6, 6.07) is 0. The smallest absolute Gasteiger partial charge is 0.302 e. The minimum Gasteiger partial charge on any atom is -0.394 e. The van der Waals surface area contributed by atoms with Crippen molar-refractivity contribution in [3.8, 4) is 0 Å². The fraction of sp³-hybridized carbons (Fsp3) is 0.571. The number of anilines is 1. The Bertz CT molecular complexity index is 842. The molecule has 2 aromatic rings. The van der Waals surface area contributed by atoms with Crippen LogP contribution in [0.2, 0.25) is 0 Å². The molecule has 130 valence electrons. The number of nitrogens with zero attached hydrogens (tertiary/aromatic N) is 4. The van der Waals surface area contributed by atoms with Gasteiger partial charge in [-0.3, -0.25) is 14.2 Å². The third kappa shape index (κ3) is 2.48. The highest BCUT2D eigenvalue weighted by Gasteiger charge is 2.36. The monoisotopic (exact) mass is 337 g/mol. The molecule has 0 amide bonds. The molecule has 3 heterocycles. The van der Waals surface area contributed by atoms with E-state index in [0.29, 0.717) is 0 Å². The van der Waals surface area contributed by atoms with Crippen molar-refractivity contribution in [3.05, 3.63) is 16.7 Å². The molecule has 0 aliphatic carbocycles. The average molecular weight is 337 g/mol. The normalized spacial score (nSPS) is 24.1. The Hall–Kier alpha value is -2.30. The first-order valence-electron chi connectivity index (χ1n) is 7.58. The Morgan fingerprint density at radius 1 is 1.54 bits per heavy atom. The van der Waals surface area contributed by atoms with Crippen LogP contribution < -0.4 is 11.3 Å². The number of imidazole rings is 1. The third-order valence-electron chi connectivity index (χ3n) is 4.04. The van der Waals surface area contributed by atoms with Gasteiger partial charge in [-0.2, -0.15) is 4.98 Å². The van der Waals surface area contributed by atoms with Gasteiger partial charge in [0.25, 0.3) is 0 Å². The lowest BCUT2D eigenvalue weighted by Gasteiger charge is -2.18. The van der Waals surface area contributed by atoms with Crippen LogP contribution in [0.5, 0.6) is 0 Å². The topological polar surface area (TPSA) is 145 Å². The number of hydrogen-bond acceptors (Lipinski definition) is 8. The highest BCUT2D eigenvalue weighted by molar-refractivity contribution is 5.91. The molecular weight excluding hydrogens is 318 g/mol. The highest BCUT2D eigenvalue weighted by atomic mass is 16.5. The summed E-state index contributed by atoms with van der Waals surface area (Å²) in [4.78, 5) is 32.2. The van der Waals surface area contributed by atoms with E-state index in [1.165, 1.54) is 10.9 Å². The number of carbonyl (C=O) groups excluding carboxylic acids is 1. The fourth-order valence-corrected chi connectivity index (χ4v) is 2.78. The van der Waals surface area contributed by atoms with Crippen LogP contribution >= 0.6 is 0 Å². The number of carbonyl (C=O) groups is 1. The lowest BCUT2D eigenvalue weighted by atomic mass is 10.2. The Labute approximate surface area is 136 Å². The fourth-order valence-electron chi connectivity index (χ4n) is 2.78. The van der Waals surface area contributed by atoms with E-state index in [9.17, 15) is 19.8 Å². The van der Waals surface area contributed by atoms with Crippen LogP contribution in [0.15, 0.2) is 11.1 Å². The molecule has 1 saturated heterocycles. The quantitative estimate of drug-likeness (QED) is 0.654. The molecule has 24 heavy (non-hydrogen) atoms. The van der Waals surface area contributed by atoms with Crippen molar-refractivity contribution < 1.29 is 19.7 Å². The van der Waals surface area contributed by atoms with Gasteiger partial charge in [0.05, 0.1) is 19.0 Å². The summed E-state index contributed by atoms with van der Waals surface area (Å²) >= 11 is 0. The molecule has 3 atom stereocenters. The molecule has 1 aliphatic heterocycles. The minimum atomic E-state index is -0.863. The number of rotatable bonds is 3. The molecule has 0 aromatic carbocycles. The second-order valence-electron chi connectivity index (χ2n) is 6.04. The van der Waals surface area contributed by atoms with Crippen LogP contribution in [-0.4, -0.2) is 54.0 Å². The van der Waals surface area contributed by atoms with Gasteiger partial charge in [-0.05, 0) is 0 Å². The molecule has 3 rings (SSSR count). The second kappa shape index (κ2) is 5.96. The van der Waals surface area contributed by atoms with Crippen molar-refractivity contribution in [2.45, 2.75) is 38.7 Å². The largest absolute Gasteiger partial charge is 0.394 e. The Balaban J connectivity index is 2.20. The predicted octanol–water partition coefficient (Wildman–Crippen LogP) is -0.888.